The molecule has 1 aliphatic heterocycles. The standard InChI is InChI=1S/C15H26N2O4/c1-3-5-12-21-14(19)16-8-10-17(11-9-16)15(6-7-15)13(18)20-4-2/h3-12H2,1-2H3. The summed E-state index contributed by atoms with van der Waals surface area (Å²) in [6, 6.07) is 0. The highest BCUT2D eigenvalue weighted by Crippen LogP contribution is 2.43. The summed E-state index contributed by atoms with van der Waals surface area (Å²) in [6.07, 6.45) is 3.42. The molecular formula is C15H26N2O4. The van der Waals surface area contributed by atoms with E-state index in [1.807, 2.05) is 6.92 Å². The van der Waals surface area contributed by atoms with Crippen molar-refractivity contribution in [1.82, 2.24) is 9.80 Å². The Hall–Kier alpha value is -1.30. The summed E-state index contributed by atoms with van der Waals surface area (Å²) in [6.45, 7) is 7.46. The summed E-state index contributed by atoms with van der Waals surface area (Å²) in [7, 11) is 0. The maximum atomic E-state index is 12.0. The number of ether oxygens (including phenoxy) is 2. The van der Waals surface area contributed by atoms with Crippen molar-refractivity contribution < 1.29 is 19.1 Å². The van der Waals surface area contributed by atoms with Gasteiger partial charge in [-0.2, -0.15) is 0 Å². The zero-order valence-corrected chi connectivity index (χ0v) is 13.1. The fourth-order valence-electron chi connectivity index (χ4n) is 2.75. The molecule has 120 valence electrons. The largest absolute Gasteiger partial charge is 0.465 e. The molecule has 21 heavy (non-hydrogen) atoms. The molecule has 0 aromatic rings. The third-order valence-corrected chi connectivity index (χ3v) is 4.25. The van der Waals surface area contributed by atoms with Crippen LogP contribution in [0.2, 0.25) is 0 Å². The topological polar surface area (TPSA) is 59.1 Å². The highest BCUT2D eigenvalue weighted by atomic mass is 16.6. The van der Waals surface area contributed by atoms with Crippen molar-refractivity contribution in [3.8, 4) is 0 Å². The Morgan fingerprint density at radius 1 is 1.05 bits per heavy atom. The molecule has 0 spiro atoms. The van der Waals surface area contributed by atoms with Crippen LogP contribution in [0, 0.1) is 0 Å². The van der Waals surface area contributed by atoms with Gasteiger partial charge in [0.15, 0.2) is 0 Å². The van der Waals surface area contributed by atoms with E-state index in [1.54, 1.807) is 4.90 Å². The van der Waals surface area contributed by atoms with Crippen LogP contribution in [-0.4, -0.2) is 66.8 Å². The minimum atomic E-state index is -0.409. The van der Waals surface area contributed by atoms with Crippen LogP contribution >= 0.6 is 0 Å². The maximum Gasteiger partial charge on any atom is 0.409 e. The third-order valence-electron chi connectivity index (χ3n) is 4.25. The van der Waals surface area contributed by atoms with Crippen LogP contribution in [-0.2, 0) is 14.3 Å². The van der Waals surface area contributed by atoms with Crippen molar-refractivity contribution in [3.63, 3.8) is 0 Å². The molecular weight excluding hydrogens is 272 g/mol. The van der Waals surface area contributed by atoms with E-state index in [0.717, 1.165) is 25.7 Å². The van der Waals surface area contributed by atoms with Crippen LogP contribution < -0.4 is 0 Å². The van der Waals surface area contributed by atoms with E-state index in [0.29, 0.717) is 39.4 Å². The average molecular weight is 298 g/mol. The summed E-state index contributed by atoms with van der Waals surface area (Å²) in [5.74, 6) is -0.107. The first kappa shape index (κ1) is 16.1. The number of hydrogen-bond donors (Lipinski definition) is 0. The first-order valence-electron chi connectivity index (χ1n) is 7.98. The molecule has 0 N–H and O–H groups in total. The minimum absolute atomic E-state index is 0.107. The van der Waals surface area contributed by atoms with Gasteiger partial charge in [0.1, 0.15) is 5.54 Å². The van der Waals surface area contributed by atoms with Crippen molar-refractivity contribution in [2.75, 3.05) is 39.4 Å². The van der Waals surface area contributed by atoms with Gasteiger partial charge >= 0.3 is 12.1 Å². The van der Waals surface area contributed by atoms with Crippen LogP contribution in [0.4, 0.5) is 4.79 Å². The first-order chi connectivity index (χ1) is 10.1. The Labute approximate surface area is 126 Å². The monoisotopic (exact) mass is 298 g/mol. The van der Waals surface area contributed by atoms with Crippen molar-refractivity contribution >= 4 is 12.1 Å². The molecule has 2 aliphatic rings. The summed E-state index contributed by atoms with van der Waals surface area (Å²) in [4.78, 5) is 27.8. The molecule has 0 atom stereocenters. The lowest BCUT2D eigenvalue weighted by atomic mass is 10.2. The number of piperazine rings is 1. The zero-order chi connectivity index (χ0) is 15.3. The van der Waals surface area contributed by atoms with Crippen molar-refractivity contribution in [2.45, 2.75) is 45.1 Å². The molecule has 0 aromatic carbocycles. The van der Waals surface area contributed by atoms with Gasteiger partial charge in [0.05, 0.1) is 13.2 Å². The maximum absolute atomic E-state index is 12.0. The van der Waals surface area contributed by atoms with Crippen LogP contribution in [0.5, 0.6) is 0 Å². The Morgan fingerprint density at radius 3 is 2.24 bits per heavy atom. The SMILES string of the molecule is CCCCOC(=O)N1CCN(C2(C(=O)OCC)CC2)CC1. The van der Waals surface area contributed by atoms with E-state index in [2.05, 4.69) is 11.8 Å². The molecule has 1 saturated carbocycles. The fourth-order valence-corrected chi connectivity index (χ4v) is 2.75. The average Bonchev–Trinajstić information content (AvgIpc) is 3.29. The lowest BCUT2D eigenvalue weighted by Crippen LogP contribution is -2.55. The van der Waals surface area contributed by atoms with Crippen LogP contribution in [0.25, 0.3) is 0 Å². The fraction of sp³-hybridized carbons (Fsp3) is 0.867. The van der Waals surface area contributed by atoms with Gasteiger partial charge in [-0.25, -0.2) is 4.79 Å². The van der Waals surface area contributed by atoms with Crippen LogP contribution in [0.3, 0.4) is 0 Å². The molecule has 1 aliphatic carbocycles. The van der Waals surface area contributed by atoms with E-state index >= 15 is 0 Å². The summed E-state index contributed by atoms with van der Waals surface area (Å²) in [5, 5.41) is 0. The summed E-state index contributed by atoms with van der Waals surface area (Å²) >= 11 is 0. The second kappa shape index (κ2) is 7.11. The van der Waals surface area contributed by atoms with Gasteiger partial charge in [-0.3, -0.25) is 9.69 Å². The van der Waals surface area contributed by atoms with E-state index < -0.39 is 5.54 Å². The minimum Gasteiger partial charge on any atom is -0.465 e. The first-order valence-corrected chi connectivity index (χ1v) is 7.98. The third kappa shape index (κ3) is 3.67. The van der Waals surface area contributed by atoms with Gasteiger partial charge in [-0.05, 0) is 26.2 Å². The van der Waals surface area contributed by atoms with Gasteiger partial charge in [0.2, 0.25) is 0 Å². The normalized spacial score (nSPS) is 21.0. The van der Waals surface area contributed by atoms with Gasteiger partial charge < -0.3 is 14.4 Å². The van der Waals surface area contributed by atoms with Crippen LogP contribution in [0.1, 0.15) is 39.5 Å². The predicted octanol–water partition coefficient (Wildman–Crippen LogP) is 1.64. The Balaban J connectivity index is 1.78. The number of esters is 1. The van der Waals surface area contributed by atoms with E-state index in [4.69, 9.17) is 9.47 Å². The molecule has 6 heteroatoms. The van der Waals surface area contributed by atoms with Crippen LogP contribution in [0.15, 0.2) is 0 Å². The number of carbonyl (C=O) groups excluding carboxylic acids is 2. The molecule has 0 radical (unpaired) electrons. The second-order valence-corrected chi connectivity index (χ2v) is 5.69. The molecule has 2 rings (SSSR count). The number of carbonyl (C=O) groups is 2. The van der Waals surface area contributed by atoms with Gasteiger partial charge in [-0.1, -0.05) is 13.3 Å². The van der Waals surface area contributed by atoms with Crippen molar-refractivity contribution in [3.05, 3.63) is 0 Å². The Bertz CT molecular complexity index is 374. The Kier molecular flexibility index (Phi) is 5.45. The van der Waals surface area contributed by atoms with Crippen molar-refractivity contribution in [2.24, 2.45) is 0 Å². The zero-order valence-electron chi connectivity index (χ0n) is 13.1. The number of nitrogens with zero attached hydrogens (tertiary/aromatic N) is 2. The Morgan fingerprint density at radius 2 is 1.71 bits per heavy atom. The molecule has 0 unspecified atom stereocenters. The van der Waals surface area contributed by atoms with E-state index in [-0.39, 0.29) is 12.1 Å². The lowest BCUT2D eigenvalue weighted by molar-refractivity contribution is -0.152. The smallest absolute Gasteiger partial charge is 0.409 e. The van der Waals surface area contributed by atoms with E-state index in [1.165, 1.54) is 0 Å². The lowest BCUT2D eigenvalue weighted by Gasteiger charge is -2.38. The van der Waals surface area contributed by atoms with Crippen molar-refractivity contribution in [1.29, 1.82) is 0 Å². The summed E-state index contributed by atoms with van der Waals surface area (Å²) in [5.41, 5.74) is -0.409. The second-order valence-electron chi connectivity index (χ2n) is 5.69. The van der Waals surface area contributed by atoms with Gasteiger partial charge in [-0.15, -0.1) is 0 Å². The molecule has 1 saturated heterocycles. The van der Waals surface area contributed by atoms with Gasteiger partial charge in [0.25, 0.3) is 0 Å². The quantitative estimate of drug-likeness (QED) is 0.551. The number of rotatable bonds is 6. The van der Waals surface area contributed by atoms with E-state index in [9.17, 15) is 9.59 Å². The highest BCUT2D eigenvalue weighted by molar-refractivity contribution is 5.84. The van der Waals surface area contributed by atoms with Gasteiger partial charge in [0, 0.05) is 26.2 Å². The number of amides is 1. The molecule has 6 nitrogen and oxygen atoms in total. The molecule has 1 amide bonds. The highest BCUT2D eigenvalue weighted by Gasteiger charge is 2.56. The molecule has 1 heterocycles. The predicted molar refractivity (Wildman–Crippen MR) is 78.0 cm³/mol. The number of unbranched alkanes of at least 4 members (excludes halogenated alkanes) is 1. The molecule has 0 aromatic heterocycles. The summed E-state index contributed by atoms with van der Waals surface area (Å²) < 4.78 is 10.4. The molecule has 0 bridgehead atoms. The number of hydrogen-bond acceptors (Lipinski definition) is 5. The molecule has 2 fully saturated rings.